The first kappa shape index (κ1) is 24.5. The number of amides is 1. The molecule has 0 atom stereocenters. The number of carboxylic acid groups (broad SMARTS) is 1. The highest BCUT2D eigenvalue weighted by molar-refractivity contribution is 6.29. The number of aromatic carboxylic acids is 1. The Labute approximate surface area is 208 Å². The number of carbonyl (C=O) groups is 2. The van der Waals surface area contributed by atoms with E-state index < -0.39 is 23.0 Å². The Bertz CT molecular complexity index is 1340. The third kappa shape index (κ3) is 5.56. The third-order valence-electron chi connectivity index (χ3n) is 5.87. The van der Waals surface area contributed by atoms with Crippen molar-refractivity contribution in [3.05, 3.63) is 87.5 Å². The molecular weight excluding hydrogens is 466 g/mol. The van der Waals surface area contributed by atoms with Gasteiger partial charge in [0.05, 0.1) is 17.6 Å². The number of carbonyl (C=O) groups excluding carboxylic acids is 1. The lowest BCUT2D eigenvalue weighted by molar-refractivity contribution is 0.0696. The molecule has 0 spiro atoms. The molecule has 3 N–H and O–H groups in total. The molecule has 0 saturated heterocycles. The van der Waals surface area contributed by atoms with Crippen molar-refractivity contribution >= 4 is 23.5 Å². The van der Waals surface area contributed by atoms with Crippen molar-refractivity contribution in [3.63, 3.8) is 0 Å². The van der Waals surface area contributed by atoms with Crippen LogP contribution in [0.1, 0.15) is 69.9 Å². The van der Waals surface area contributed by atoms with Crippen LogP contribution in [-0.4, -0.2) is 37.2 Å². The van der Waals surface area contributed by atoms with Gasteiger partial charge in [0, 0.05) is 0 Å². The van der Waals surface area contributed by atoms with Gasteiger partial charge in [-0.05, 0) is 74.4 Å². The molecule has 1 aliphatic rings. The fourth-order valence-electron chi connectivity index (χ4n) is 3.79. The maximum absolute atomic E-state index is 13.6. The normalized spacial score (nSPS) is 14.1. The molecule has 1 saturated carbocycles. The largest absolute Gasteiger partial charge is 0.478 e. The number of benzene rings is 2. The molecule has 7 nitrogen and oxygen atoms in total. The zero-order chi connectivity index (χ0) is 25.4. The van der Waals surface area contributed by atoms with Crippen LogP contribution in [-0.2, 0) is 12.1 Å². The summed E-state index contributed by atoms with van der Waals surface area (Å²) < 4.78 is 1.61. The van der Waals surface area contributed by atoms with Crippen LogP contribution in [0.2, 0.25) is 5.28 Å². The summed E-state index contributed by atoms with van der Waals surface area (Å²) in [7, 11) is 0. The number of nitrogens with one attached hydrogen (secondary N) is 1. The number of aryl methyl sites for hydroxylation is 1. The zero-order valence-corrected chi connectivity index (χ0v) is 20.5. The molecule has 2 aromatic carbocycles. The summed E-state index contributed by atoms with van der Waals surface area (Å²) >= 11 is 6.46. The van der Waals surface area contributed by atoms with Crippen molar-refractivity contribution < 1.29 is 19.8 Å². The number of halogens is 1. The molecule has 4 rings (SSSR count). The molecule has 1 aromatic heterocycles. The number of carboxylic acids is 1. The summed E-state index contributed by atoms with van der Waals surface area (Å²) in [4.78, 5) is 29.1. The lowest BCUT2D eigenvalue weighted by Gasteiger charge is -2.19. The number of aliphatic hydroxyl groups is 1. The Balaban J connectivity index is 1.70. The molecular formula is C27H26ClN3O4. The van der Waals surface area contributed by atoms with Gasteiger partial charge in [-0.25, -0.2) is 9.78 Å². The molecule has 180 valence electrons. The average Bonchev–Trinajstić information content (AvgIpc) is 3.51. The predicted octanol–water partition coefficient (Wildman–Crippen LogP) is 4.13. The molecule has 0 radical (unpaired) electrons. The number of aromatic nitrogens is 2. The maximum atomic E-state index is 13.6. The minimum atomic E-state index is -1.27. The van der Waals surface area contributed by atoms with E-state index in [1.807, 2.05) is 31.2 Å². The van der Waals surface area contributed by atoms with Crippen molar-refractivity contribution in [3.8, 4) is 11.8 Å². The summed E-state index contributed by atoms with van der Waals surface area (Å²) in [6, 6.07) is 14.4. The second kappa shape index (κ2) is 9.21. The SMILES string of the molecule is Cc1ccc(Cn2c(Cl)nc(C#CC(C)(C)O)c2C(=O)NC2(c3ccc(C(=O)O)cc3)CC2)cc1. The van der Waals surface area contributed by atoms with Crippen LogP contribution in [0.25, 0.3) is 0 Å². The highest BCUT2D eigenvalue weighted by Crippen LogP contribution is 2.45. The van der Waals surface area contributed by atoms with Gasteiger partial charge in [0.25, 0.3) is 5.91 Å². The second-order valence-electron chi connectivity index (χ2n) is 9.38. The first-order chi connectivity index (χ1) is 16.5. The van der Waals surface area contributed by atoms with E-state index in [9.17, 15) is 19.8 Å². The van der Waals surface area contributed by atoms with E-state index in [0.717, 1.165) is 29.5 Å². The number of hydrogen-bond acceptors (Lipinski definition) is 4. The summed E-state index contributed by atoms with van der Waals surface area (Å²) in [6.45, 7) is 5.41. The molecule has 3 aromatic rings. The summed E-state index contributed by atoms with van der Waals surface area (Å²) in [5, 5.41) is 22.5. The van der Waals surface area contributed by atoms with Crippen molar-refractivity contribution in [2.24, 2.45) is 0 Å². The van der Waals surface area contributed by atoms with Crippen LogP contribution < -0.4 is 5.32 Å². The highest BCUT2D eigenvalue weighted by atomic mass is 35.5. The highest BCUT2D eigenvalue weighted by Gasteiger charge is 2.46. The predicted molar refractivity (Wildman–Crippen MR) is 132 cm³/mol. The Morgan fingerprint density at radius 2 is 1.77 bits per heavy atom. The van der Waals surface area contributed by atoms with E-state index in [4.69, 9.17) is 11.6 Å². The first-order valence-electron chi connectivity index (χ1n) is 11.2. The lowest BCUT2D eigenvalue weighted by Crippen LogP contribution is -2.36. The Morgan fingerprint density at radius 1 is 1.14 bits per heavy atom. The van der Waals surface area contributed by atoms with E-state index in [-0.39, 0.29) is 22.2 Å². The van der Waals surface area contributed by atoms with Gasteiger partial charge in [-0.1, -0.05) is 47.9 Å². The topological polar surface area (TPSA) is 104 Å². The second-order valence-corrected chi connectivity index (χ2v) is 9.72. The van der Waals surface area contributed by atoms with Gasteiger partial charge in [0.1, 0.15) is 17.0 Å². The lowest BCUT2D eigenvalue weighted by atomic mass is 10.0. The molecule has 1 fully saturated rings. The number of hydrogen-bond donors (Lipinski definition) is 3. The minimum absolute atomic E-state index is 0.117. The van der Waals surface area contributed by atoms with Crippen LogP contribution in [0.4, 0.5) is 0 Å². The molecule has 0 unspecified atom stereocenters. The van der Waals surface area contributed by atoms with E-state index in [1.54, 1.807) is 30.5 Å². The zero-order valence-electron chi connectivity index (χ0n) is 19.7. The molecule has 8 heteroatoms. The summed E-state index contributed by atoms with van der Waals surface area (Å²) in [5.41, 5.74) is 1.59. The van der Waals surface area contributed by atoms with Crippen LogP contribution >= 0.6 is 11.6 Å². The Hall–Kier alpha value is -3.60. The fourth-order valence-corrected chi connectivity index (χ4v) is 4.02. The fraction of sp³-hybridized carbons (Fsp3) is 0.296. The number of nitrogens with zero attached hydrogens (tertiary/aromatic N) is 2. The van der Waals surface area contributed by atoms with Gasteiger partial charge >= 0.3 is 5.97 Å². The summed E-state index contributed by atoms with van der Waals surface area (Å²) in [6.07, 6.45) is 1.44. The summed E-state index contributed by atoms with van der Waals surface area (Å²) in [5.74, 6) is 4.12. The van der Waals surface area contributed by atoms with E-state index in [1.165, 1.54) is 12.1 Å². The standard InChI is InChI=1S/C27H26ClN3O4/c1-17-4-6-18(7-5-17)16-31-22(21(29-25(31)28)12-13-26(2,3)35)23(32)30-27(14-15-27)20-10-8-19(9-11-20)24(33)34/h4-11,35H,14-16H2,1-3H3,(H,30,32)(H,33,34). The third-order valence-corrected chi connectivity index (χ3v) is 6.16. The monoisotopic (exact) mass is 491 g/mol. The van der Waals surface area contributed by atoms with Crippen molar-refractivity contribution in [2.45, 2.75) is 51.3 Å². The Kier molecular flexibility index (Phi) is 6.46. The molecule has 0 bridgehead atoms. The molecule has 0 aliphatic heterocycles. The van der Waals surface area contributed by atoms with E-state index in [2.05, 4.69) is 22.1 Å². The van der Waals surface area contributed by atoms with Gasteiger partial charge in [-0.15, -0.1) is 0 Å². The van der Waals surface area contributed by atoms with Gasteiger partial charge in [-0.2, -0.15) is 0 Å². The number of rotatable bonds is 6. The Morgan fingerprint density at radius 3 is 2.31 bits per heavy atom. The molecule has 1 amide bonds. The van der Waals surface area contributed by atoms with Crippen LogP contribution in [0.5, 0.6) is 0 Å². The van der Waals surface area contributed by atoms with Gasteiger partial charge in [-0.3, -0.25) is 4.79 Å². The average molecular weight is 492 g/mol. The number of imidazole rings is 1. The van der Waals surface area contributed by atoms with Crippen molar-refractivity contribution in [1.29, 1.82) is 0 Å². The van der Waals surface area contributed by atoms with Crippen LogP contribution in [0.15, 0.2) is 48.5 Å². The van der Waals surface area contributed by atoms with Gasteiger partial charge in [0.2, 0.25) is 5.28 Å². The van der Waals surface area contributed by atoms with Crippen molar-refractivity contribution in [2.75, 3.05) is 0 Å². The quantitative estimate of drug-likeness (QED) is 0.450. The van der Waals surface area contributed by atoms with E-state index in [0.29, 0.717) is 6.54 Å². The molecule has 35 heavy (non-hydrogen) atoms. The van der Waals surface area contributed by atoms with Gasteiger partial charge in [0.15, 0.2) is 0 Å². The van der Waals surface area contributed by atoms with Crippen LogP contribution in [0, 0.1) is 18.8 Å². The van der Waals surface area contributed by atoms with Gasteiger partial charge < -0.3 is 20.1 Å². The van der Waals surface area contributed by atoms with Crippen molar-refractivity contribution in [1.82, 2.24) is 14.9 Å². The molecule has 1 aliphatic carbocycles. The first-order valence-corrected chi connectivity index (χ1v) is 11.6. The van der Waals surface area contributed by atoms with Crippen LogP contribution in [0.3, 0.4) is 0 Å². The minimum Gasteiger partial charge on any atom is -0.478 e. The van der Waals surface area contributed by atoms with E-state index >= 15 is 0 Å². The molecule has 1 heterocycles. The maximum Gasteiger partial charge on any atom is 0.335 e. The smallest absolute Gasteiger partial charge is 0.335 e.